The van der Waals surface area contributed by atoms with Gasteiger partial charge in [-0.25, -0.2) is 0 Å². The van der Waals surface area contributed by atoms with Crippen molar-refractivity contribution in [3.05, 3.63) is 58.6 Å². The van der Waals surface area contributed by atoms with Crippen LogP contribution >= 0.6 is 11.6 Å². The van der Waals surface area contributed by atoms with Crippen LogP contribution in [0.25, 0.3) is 0 Å². The zero-order valence-electron chi connectivity index (χ0n) is 19.0. The first-order valence-corrected chi connectivity index (χ1v) is 14.4. The molecule has 3 aliphatic rings. The van der Waals surface area contributed by atoms with Crippen LogP contribution in [0.5, 0.6) is 5.75 Å². The Balaban J connectivity index is 1.17. The molecule has 1 saturated carbocycles. The van der Waals surface area contributed by atoms with Crippen molar-refractivity contribution in [2.75, 3.05) is 26.0 Å². The predicted octanol–water partition coefficient (Wildman–Crippen LogP) is 5.62. The first-order valence-electron chi connectivity index (χ1n) is 12.1. The Bertz CT molecular complexity index is 1080. The zero-order valence-corrected chi connectivity index (χ0v) is 20.6. The molecule has 2 unspecified atom stereocenters. The lowest BCUT2D eigenvalue weighted by atomic mass is 9.86. The molecular weight excluding hydrogens is 438 g/mol. The number of aryl methyl sites for hydroxylation is 1. The van der Waals surface area contributed by atoms with E-state index < -0.39 is 9.52 Å². The second-order valence-electron chi connectivity index (χ2n) is 9.83. The summed E-state index contributed by atoms with van der Waals surface area (Å²) in [5.41, 5.74) is 2.90. The molecule has 0 radical (unpaired) electrons. The van der Waals surface area contributed by atoms with Crippen LogP contribution < -0.4 is 4.74 Å². The van der Waals surface area contributed by atoms with Crippen LogP contribution in [0.3, 0.4) is 0 Å². The second kappa shape index (κ2) is 9.40. The Morgan fingerprint density at radius 3 is 2.59 bits per heavy atom. The van der Waals surface area contributed by atoms with E-state index >= 15 is 0 Å². The van der Waals surface area contributed by atoms with E-state index in [0.29, 0.717) is 12.0 Å². The highest BCUT2D eigenvalue weighted by atomic mass is 35.5. The minimum absolute atomic E-state index is 0.560. The maximum Gasteiger partial charge on any atom is 0.119 e. The van der Waals surface area contributed by atoms with Crippen molar-refractivity contribution in [2.45, 2.75) is 62.3 Å². The van der Waals surface area contributed by atoms with Gasteiger partial charge in [-0.1, -0.05) is 17.7 Å². The first kappa shape index (κ1) is 22.3. The van der Waals surface area contributed by atoms with Gasteiger partial charge in [-0.3, -0.25) is 9.11 Å². The molecule has 0 bridgehead atoms. The molecule has 3 nitrogen and oxygen atoms in total. The average molecular weight is 472 g/mol. The normalized spacial score (nSPS) is 25.5. The topological polar surface area (TPSA) is 29.5 Å². The fourth-order valence-electron chi connectivity index (χ4n) is 5.47. The summed E-state index contributed by atoms with van der Waals surface area (Å²) in [4.78, 5) is 4.86. The highest BCUT2D eigenvalue weighted by Crippen LogP contribution is 2.30. The molecule has 2 fully saturated rings. The van der Waals surface area contributed by atoms with Gasteiger partial charge in [0, 0.05) is 34.7 Å². The number of piperidine rings is 1. The summed E-state index contributed by atoms with van der Waals surface area (Å²) >= 11 is 6.25. The number of rotatable bonds is 5. The molecule has 1 heterocycles. The van der Waals surface area contributed by atoms with Crippen molar-refractivity contribution >= 4 is 26.0 Å². The fourth-order valence-corrected chi connectivity index (χ4v) is 7.72. The van der Waals surface area contributed by atoms with Crippen molar-refractivity contribution in [1.82, 2.24) is 4.90 Å². The summed E-state index contributed by atoms with van der Waals surface area (Å²) in [5, 5.41) is 0.852. The van der Waals surface area contributed by atoms with E-state index in [2.05, 4.69) is 17.0 Å². The van der Waals surface area contributed by atoms with Crippen LogP contribution in [0, 0.1) is 5.92 Å². The smallest absolute Gasteiger partial charge is 0.119 e. The third kappa shape index (κ3) is 4.73. The molecule has 2 aliphatic carbocycles. The average Bonchev–Trinajstić information content (AvgIpc) is 2.76. The number of hydrogen-bond donors (Lipinski definition) is 0. The number of nitrogens with zero attached hydrogens (tertiary/aromatic N) is 1. The molecule has 172 valence electrons. The van der Waals surface area contributed by atoms with E-state index in [-0.39, 0.29) is 0 Å². The largest absolute Gasteiger partial charge is 0.493 e. The van der Waals surface area contributed by atoms with Gasteiger partial charge >= 0.3 is 0 Å². The number of fused-ring (bicyclic) bond motifs is 1. The Labute approximate surface area is 198 Å². The number of halogens is 1. The molecule has 1 aliphatic heterocycles. The van der Waals surface area contributed by atoms with Crippen LogP contribution in [0.2, 0.25) is 5.02 Å². The summed E-state index contributed by atoms with van der Waals surface area (Å²) in [5.74, 6) is 1.45. The molecule has 2 aromatic rings. The molecule has 5 rings (SSSR count). The Hall–Kier alpha value is -1.49. The van der Waals surface area contributed by atoms with Gasteiger partial charge < -0.3 is 4.74 Å². The standard InChI is InChI=1S/C27H34ClNO2S/c1-32(30,26-5-2-6-26)27-13-11-25(12-14-27)31-19-20-4-3-15-29(18-20)24-10-8-21-7-9-23(28)16-22(21)17-24/h7,9,11-14,16,20,24H,2-6,8,10,15,17-19H2,1H3/t20-,24?,32?/m1/s1. The quantitative estimate of drug-likeness (QED) is 0.530. The highest BCUT2D eigenvalue weighted by molar-refractivity contribution is 8.01. The lowest BCUT2D eigenvalue weighted by Gasteiger charge is -2.40. The number of benzene rings is 2. The van der Waals surface area contributed by atoms with E-state index in [4.69, 9.17) is 16.3 Å². The van der Waals surface area contributed by atoms with Crippen LogP contribution in [0.15, 0.2) is 47.4 Å². The van der Waals surface area contributed by atoms with Gasteiger partial charge in [0.1, 0.15) is 5.75 Å². The Morgan fingerprint density at radius 2 is 1.84 bits per heavy atom. The van der Waals surface area contributed by atoms with Crippen molar-refractivity contribution in [3.63, 3.8) is 0 Å². The van der Waals surface area contributed by atoms with Gasteiger partial charge in [-0.05, 0) is 120 Å². The monoisotopic (exact) mass is 471 g/mol. The minimum Gasteiger partial charge on any atom is -0.493 e. The van der Waals surface area contributed by atoms with Crippen molar-refractivity contribution in [2.24, 2.45) is 5.92 Å². The van der Waals surface area contributed by atoms with Crippen LogP contribution in [-0.4, -0.2) is 46.0 Å². The molecule has 5 heteroatoms. The Morgan fingerprint density at radius 1 is 1.03 bits per heavy atom. The molecule has 32 heavy (non-hydrogen) atoms. The summed E-state index contributed by atoms with van der Waals surface area (Å²) in [7, 11) is -2.00. The second-order valence-corrected chi connectivity index (χ2v) is 13.0. The van der Waals surface area contributed by atoms with Crippen molar-refractivity contribution in [1.29, 1.82) is 0 Å². The van der Waals surface area contributed by atoms with Gasteiger partial charge in [0.05, 0.1) is 6.61 Å². The van der Waals surface area contributed by atoms with Gasteiger partial charge in [-0.15, -0.1) is 0 Å². The van der Waals surface area contributed by atoms with Gasteiger partial charge in [0.15, 0.2) is 0 Å². The van der Waals surface area contributed by atoms with Gasteiger partial charge in [-0.2, -0.15) is 0 Å². The lowest BCUT2D eigenvalue weighted by molar-refractivity contribution is 0.0881. The molecule has 0 N–H and O–H groups in total. The number of likely N-dealkylation sites (tertiary alicyclic amines) is 1. The van der Waals surface area contributed by atoms with Gasteiger partial charge in [0.25, 0.3) is 0 Å². The molecule has 1 saturated heterocycles. The summed E-state index contributed by atoms with van der Waals surface area (Å²) in [6.07, 6.45) is 11.1. The van der Waals surface area contributed by atoms with Crippen molar-refractivity contribution < 1.29 is 8.95 Å². The van der Waals surface area contributed by atoms with Crippen LogP contribution in [-0.2, 0) is 22.4 Å². The lowest BCUT2D eigenvalue weighted by Crippen LogP contribution is -2.46. The summed E-state index contributed by atoms with van der Waals surface area (Å²) < 4.78 is 19.3. The van der Waals surface area contributed by atoms with Gasteiger partial charge in [0.2, 0.25) is 0 Å². The molecule has 3 atom stereocenters. The third-order valence-corrected chi connectivity index (χ3v) is 10.6. The molecular formula is C27H34ClNO2S. The molecule has 0 amide bonds. The first-order chi connectivity index (χ1) is 15.5. The maximum atomic E-state index is 13.1. The molecule has 0 spiro atoms. The van der Waals surface area contributed by atoms with Crippen LogP contribution in [0.4, 0.5) is 0 Å². The van der Waals surface area contributed by atoms with Crippen molar-refractivity contribution in [3.8, 4) is 5.75 Å². The van der Waals surface area contributed by atoms with E-state index in [1.807, 2.05) is 36.6 Å². The minimum atomic E-state index is -2.00. The van der Waals surface area contributed by atoms with E-state index in [1.165, 1.54) is 48.2 Å². The van der Waals surface area contributed by atoms with E-state index in [0.717, 1.165) is 54.5 Å². The van der Waals surface area contributed by atoms with Crippen LogP contribution in [0.1, 0.15) is 49.7 Å². The molecule has 0 aromatic heterocycles. The maximum absolute atomic E-state index is 13.1. The Kier molecular flexibility index (Phi) is 6.55. The predicted molar refractivity (Wildman–Crippen MR) is 135 cm³/mol. The fraction of sp³-hybridized carbons (Fsp3) is 0.519. The summed E-state index contributed by atoms with van der Waals surface area (Å²) in [6, 6.07) is 15.0. The SMILES string of the molecule is CS(=O)(=C1CCC1)c1ccc(OC[C@@H]2CCCN(C3CCc4ccc(Cl)cc4C3)C2)cc1. The van der Waals surface area contributed by atoms with E-state index in [9.17, 15) is 4.21 Å². The molecule has 2 aromatic carbocycles. The van der Waals surface area contributed by atoms with E-state index in [1.54, 1.807) is 0 Å². The highest BCUT2D eigenvalue weighted by Gasteiger charge is 2.29. The zero-order chi connectivity index (χ0) is 22.1. The number of ether oxygens (including phenoxy) is 1. The summed E-state index contributed by atoms with van der Waals surface area (Å²) in [6.45, 7) is 3.05. The third-order valence-electron chi connectivity index (χ3n) is 7.66. The number of hydrogen-bond acceptors (Lipinski definition) is 3.